The second-order valence-corrected chi connectivity index (χ2v) is 3.34. The van der Waals surface area contributed by atoms with Crippen LogP contribution in [0.3, 0.4) is 0 Å². The number of methoxy groups -OCH3 is 2. The van der Waals surface area contributed by atoms with Gasteiger partial charge < -0.3 is 14.8 Å². The molecule has 0 saturated heterocycles. The summed E-state index contributed by atoms with van der Waals surface area (Å²) in [6, 6.07) is 0.0669. The van der Waals surface area contributed by atoms with E-state index < -0.39 is 0 Å². The molecule has 74 valence electrons. The minimum Gasteiger partial charge on any atom is -0.367 e. The molecular weight excluding hydrogens is 190 g/mol. The van der Waals surface area contributed by atoms with Crippen molar-refractivity contribution < 1.29 is 9.47 Å². The predicted molar refractivity (Wildman–Crippen MR) is 50.8 cm³/mol. The van der Waals surface area contributed by atoms with Crippen molar-refractivity contribution in [2.45, 2.75) is 19.3 Å². The van der Waals surface area contributed by atoms with Crippen molar-refractivity contribution >= 4 is 16.5 Å². The van der Waals surface area contributed by atoms with Gasteiger partial charge in [-0.1, -0.05) is 4.49 Å². The molecule has 6 heteroatoms. The Hall–Kier alpha value is -0.720. The molecule has 0 aliphatic rings. The molecule has 0 bridgehead atoms. The van der Waals surface area contributed by atoms with E-state index in [0.717, 1.165) is 5.00 Å². The van der Waals surface area contributed by atoms with E-state index in [4.69, 9.17) is 9.47 Å². The smallest absolute Gasteiger partial charge is 0.176 e. The van der Waals surface area contributed by atoms with Crippen molar-refractivity contribution in [2.24, 2.45) is 0 Å². The average molecular weight is 203 g/mol. The van der Waals surface area contributed by atoms with E-state index in [1.807, 2.05) is 6.92 Å². The fraction of sp³-hybridized carbons (Fsp3) is 0.714. The van der Waals surface area contributed by atoms with Crippen LogP contribution in [0.15, 0.2) is 6.20 Å². The third kappa shape index (κ3) is 2.91. The van der Waals surface area contributed by atoms with E-state index in [-0.39, 0.29) is 12.3 Å². The molecule has 0 spiro atoms. The van der Waals surface area contributed by atoms with Gasteiger partial charge in [0.15, 0.2) is 6.29 Å². The molecule has 0 aliphatic heterocycles. The number of hydrogen-bond donors (Lipinski definition) is 1. The summed E-state index contributed by atoms with van der Waals surface area (Å²) in [5.74, 6) is 0. The highest BCUT2D eigenvalue weighted by molar-refractivity contribution is 7.09. The Balaban J connectivity index is 2.44. The van der Waals surface area contributed by atoms with Crippen LogP contribution >= 0.6 is 11.5 Å². The number of nitrogens with one attached hydrogen (secondary N) is 1. The number of anilines is 1. The summed E-state index contributed by atoms with van der Waals surface area (Å²) in [7, 11) is 3.22. The molecule has 1 aromatic rings. The van der Waals surface area contributed by atoms with Crippen LogP contribution in [0.1, 0.15) is 6.92 Å². The number of rotatable bonds is 5. The molecule has 5 nitrogen and oxygen atoms in total. The van der Waals surface area contributed by atoms with Crippen molar-refractivity contribution in [2.75, 3.05) is 19.5 Å². The maximum atomic E-state index is 5.09. The Morgan fingerprint density at radius 3 is 2.62 bits per heavy atom. The van der Waals surface area contributed by atoms with Gasteiger partial charge in [-0.05, 0) is 6.92 Å². The van der Waals surface area contributed by atoms with Gasteiger partial charge >= 0.3 is 0 Å². The van der Waals surface area contributed by atoms with Gasteiger partial charge in [0.1, 0.15) is 5.00 Å². The fourth-order valence-electron chi connectivity index (χ4n) is 1.03. The van der Waals surface area contributed by atoms with E-state index in [2.05, 4.69) is 14.9 Å². The van der Waals surface area contributed by atoms with Gasteiger partial charge in [0.25, 0.3) is 0 Å². The first-order valence-corrected chi connectivity index (χ1v) is 4.64. The monoisotopic (exact) mass is 203 g/mol. The van der Waals surface area contributed by atoms with Crippen LogP contribution < -0.4 is 5.32 Å². The van der Waals surface area contributed by atoms with Crippen molar-refractivity contribution in [3.8, 4) is 0 Å². The lowest BCUT2D eigenvalue weighted by molar-refractivity contribution is -0.109. The quantitative estimate of drug-likeness (QED) is 0.722. The van der Waals surface area contributed by atoms with Gasteiger partial charge in [-0.25, -0.2) is 0 Å². The van der Waals surface area contributed by atoms with Crippen molar-refractivity contribution in [3.05, 3.63) is 6.20 Å². The molecule has 0 aromatic carbocycles. The van der Waals surface area contributed by atoms with Crippen LogP contribution in [0.5, 0.6) is 0 Å². The summed E-state index contributed by atoms with van der Waals surface area (Å²) in [4.78, 5) is 0. The number of nitrogens with zero attached hydrogens (tertiary/aromatic N) is 2. The summed E-state index contributed by atoms with van der Waals surface area (Å²) in [6.07, 6.45) is 1.41. The minimum atomic E-state index is -0.262. The Labute approximate surface area is 81.2 Å². The largest absolute Gasteiger partial charge is 0.367 e. The zero-order chi connectivity index (χ0) is 9.68. The Kier molecular flexibility index (Phi) is 4.07. The highest BCUT2D eigenvalue weighted by Crippen LogP contribution is 2.13. The second-order valence-electron chi connectivity index (χ2n) is 2.55. The summed E-state index contributed by atoms with van der Waals surface area (Å²) >= 11 is 1.31. The van der Waals surface area contributed by atoms with Gasteiger partial charge in [0.2, 0.25) is 0 Å². The maximum absolute atomic E-state index is 5.09. The van der Waals surface area contributed by atoms with Crippen LogP contribution in [0, 0.1) is 0 Å². The van der Waals surface area contributed by atoms with Crippen LogP contribution in [0.4, 0.5) is 5.00 Å². The lowest BCUT2D eigenvalue weighted by Gasteiger charge is -2.21. The van der Waals surface area contributed by atoms with Crippen LogP contribution in [0.2, 0.25) is 0 Å². The molecule has 1 aromatic heterocycles. The first-order valence-electron chi connectivity index (χ1n) is 3.87. The highest BCUT2D eigenvalue weighted by Gasteiger charge is 2.15. The van der Waals surface area contributed by atoms with Crippen LogP contribution in [0.25, 0.3) is 0 Å². The molecule has 0 saturated carbocycles. The third-order valence-corrected chi connectivity index (χ3v) is 2.20. The fourth-order valence-corrected chi connectivity index (χ4v) is 1.54. The lowest BCUT2D eigenvalue weighted by atomic mass is 10.3. The molecule has 1 atom stereocenters. The molecule has 0 fully saturated rings. The summed E-state index contributed by atoms with van der Waals surface area (Å²) in [6.45, 7) is 1.97. The van der Waals surface area contributed by atoms with Gasteiger partial charge in [-0.2, -0.15) is 0 Å². The van der Waals surface area contributed by atoms with Crippen molar-refractivity contribution in [1.82, 2.24) is 9.59 Å². The third-order valence-electron chi connectivity index (χ3n) is 1.60. The standard InChI is InChI=1S/C7H13N3O2S/c1-5(7(11-2)12-3)9-6-4-8-10-13-6/h4-5,7,9H,1-3H3. The molecule has 0 amide bonds. The molecule has 1 unspecified atom stereocenters. The van der Waals surface area contributed by atoms with E-state index in [1.165, 1.54) is 11.5 Å². The first kappa shape index (κ1) is 10.4. The normalized spacial score (nSPS) is 13.2. The average Bonchev–Trinajstić information content (AvgIpc) is 2.59. The van der Waals surface area contributed by atoms with Crippen LogP contribution in [-0.2, 0) is 9.47 Å². The molecule has 0 radical (unpaired) electrons. The minimum absolute atomic E-state index is 0.0669. The molecule has 13 heavy (non-hydrogen) atoms. The molecule has 1 rings (SSSR count). The summed E-state index contributed by atoms with van der Waals surface area (Å²) < 4.78 is 13.9. The maximum Gasteiger partial charge on any atom is 0.176 e. The second kappa shape index (κ2) is 5.11. The van der Waals surface area contributed by atoms with Crippen LogP contribution in [-0.4, -0.2) is 36.1 Å². The van der Waals surface area contributed by atoms with E-state index in [1.54, 1.807) is 20.4 Å². The zero-order valence-electron chi connectivity index (χ0n) is 7.85. The van der Waals surface area contributed by atoms with Gasteiger partial charge in [0.05, 0.1) is 12.2 Å². The number of aromatic nitrogens is 2. The Morgan fingerprint density at radius 2 is 2.15 bits per heavy atom. The molecule has 0 aliphatic carbocycles. The molecule has 1 N–H and O–H groups in total. The zero-order valence-corrected chi connectivity index (χ0v) is 8.67. The van der Waals surface area contributed by atoms with Crippen molar-refractivity contribution in [3.63, 3.8) is 0 Å². The lowest BCUT2D eigenvalue weighted by Crippen LogP contribution is -2.33. The van der Waals surface area contributed by atoms with Crippen molar-refractivity contribution in [1.29, 1.82) is 0 Å². The molecular formula is C7H13N3O2S. The first-order chi connectivity index (χ1) is 6.27. The molecule has 1 heterocycles. The topological polar surface area (TPSA) is 56.3 Å². The predicted octanol–water partition coefficient (Wildman–Crippen LogP) is 0.957. The Morgan fingerprint density at radius 1 is 1.46 bits per heavy atom. The number of ether oxygens (including phenoxy) is 2. The summed E-state index contributed by atoms with van der Waals surface area (Å²) in [5.41, 5.74) is 0. The van der Waals surface area contributed by atoms with E-state index in [9.17, 15) is 0 Å². The van der Waals surface area contributed by atoms with Gasteiger partial charge in [0, 0.05) is 25.8 Å². The Bertz CT molecular complexity index is 226. The van der Waals surface area contributed by atoms with Gasteiger partial charge in [-0.15, -0.1) is 5.10 Å². The SMILES string of the molecule is COC(OC)C(C)Nc1cnns1. The summed E-state index contributed by atoms with van der Waals surface area (Å²) in [5, 5.41) is 7.79. The van der Waals surface area contributed by atoms with E-state index >= 15 is 0 Å². The highest BCUT2D eigenvalue weighted by atomic mass is 32.1. The van der Waals surface area contributed by atoms with E-state index in [0.29, 0.717) is 0 Å². The van der Waals surface area contributed by atoms with Gasteiger partial charge in [-0.3, -0.25) is 0 Å². The number of hydrogen-bond acceptors (Lipinski definition) is 6.